The summed E-state index contributed by atoms with van der Waals surface area (Å²) in [7, 11) is 0. The molecule has 0 atom stereocenters. The summed E-state index contributed by atoms with van der Waals surface area (Å²) in [6, 6.07) is 7.20. The third kappa shape index (κ3) is 8.75. The molecule has 202 valence electrons. The van der Waals surface area contributed by atoms with E-state index in [2.05, 4.69) is 41.6 Å². The molecule has 2 heterocycles. The van der Waals surface area contributed by atoms with Gasteiger partial charge in [0.25, 0.3) is 0 Å². The highest BCUT2D eigenvalue weighted by Gasteiger charge is 2.23. The zero-order valence-electron chi connectivity index (χ0n) is 21.5. The van der Waals surface area contributed by atoms with Gasteiger partial charge >= 0.3 is 18.2 Å². The van der Waals surface area contributed by atoms with Crippen LogP contribution < -0.4 is 5.32 Å². The molecular weight excluding hydrogens is 564 g/mol. The van der Waals surface area contributed by atoms with Crippen molar-refractivity contribution in [3.05, 3.63) is 51.1 Å². The second kappa shape index (κ2) is 13.4. The summed E-state index contributed by atoms with van der Waals surface area (Å²) >= 11 is 3.39. The van der Waals surface area contributed by atoms with Gasteiger partial charge in [0, 0.05) is 21.3 Å². The van der Waals surface area contributed by atoms with E-state index in [-0.39, 0.29) is 31.6 Å². The van der Waals surface area contributed by atoms with E-state index >= 15 is 0 Å². The van der Waals surface area contributed by atoms with Crippen molar-refractivity contribution in [2.24, 2.45) is 0 Å². The van der Waals surface area contributed by atoms with Gasteiger partial charge in [-0.05, 0) is 57.5 Å². The Morgan fingerprint density at radius 2 is 1.87 bits per heavy atom. The Labute approximate surface area is 226 Å². The van der Waals surface area contributed by atoms with Gasteiger partial charge < -0.3 is 19.8 Å². The summed E-state index contributed by atoms with van der Waals surface area (Å²) in [5.41, 5.74) is 2.46. The largest absolute Gasteiger partial charge is 0.462 e. The minimum Gasteiger partial charge on any atom is -0.462 e. The van der Waals surface area contributed by atoms with E-state index in [1.165, 1.54) is 4.80 Å². The molecule has 0 spiro atoms. The maximum absolute atomic E-state index is 13.1. The first kappa shape index (κ1) is 30.1. The van der Waals surface area contributed by atoms with Crippen molar-refractivity contribution in [1.82, 2.24) is 30.5 Å². The quantitative estimate of drug-likeness (QED) is 0.293. The number of alkyl carbamates (subject to hydrolysis) is 1. The number of ether oxygens (including phenoxy) is 2. The summed E-state index contributed by atoms with van der Waals surface area (Å²) in [6.45, 7) is 8.64. The number of aromatic amines is 1. The molecule has 0 unspecified atom stereocenters. The molecule has 3 rings (SSSR count). The first-order valence-corrected chi connectivity index (χ1v) is 12.0. The summed E-state index contributed by atoms with van der Waals surface area (Å²) in [6.07, 6.45) is -0.452. The number of hydrogen-bond acceptors (Lipinski definition) is 10. The van der Waals surface area contributed by atoms with Crippen LogP contribution in [0.4, 0.5) is 4.79 Å². The van der Waals surface area contributed by atoms with Gasteiger partial charge in [-0.1, -0.05) is 28.1 Å². The number of nitrogens with one attached hydrogen (secondary N) is 2. The number of nitrogens with zero attached hydrogens (tertiary/aromatic N) is 4. The Morgan fingerprint density at radius 3 is 2.50 bits per heavy atom. The molecule has 0 fully saturated rings. The average molecular weight is 591 g/mol. The van der Waals surface area contributed by atoms with Crippen molar-refractivity contribution in [2.45, 2.75) is 46.8 Å². The average Bonchev–Trinajstić information content (AvgIpc) is 3.40. The molecule has 0 saturated heterocycles. The van der Waals surface area contributed by atoms with Crippen LogP contribution in [-0.4, -0.2) is 67.9 Å². The van der Waals surface area contributed by atoms with Gasteiger partial charge in [0.05, 0.1) is 12.2 Å². The van der Waals surface area contributed by atoms with Gasteiger partial charge in [0.2, 0.25) is 5.82 Å². The Balaban J connectivity index is 0.00000161. The van der Waals surface area contributed by atoms with Crippen molar-refractivity contribution >= 4 is 39.9 Å². The minimum atomic E-state index is -0.702. The predicted molar refractivity (Wildman–Crippen MR) is 135 cm³/mol. The third-order valence-electron chi connectivity index (χ3n) is 4.76. The number of H-pyrrole nitrogens is 1. The van der Waals surface area contributed by atoms with Crippen molar-refractivity contribution in [3.8, 4) is 11.5 Å². The van der Waals surface area contributed by atoms with Crippen molar-refractivity contribution in [2.75, 3.05) is 13.2 Å². The van der Waals surface area contributed by atoms with E-state index in [4.69, 9.17) is 19.1 Å². The highest BCUT2D eigenvalue weighted by Crippen LogP contribution is 2.27. The number of rotatable bonds is 8. The molecule has 38 heavy (non-hydrogen) atoms. The predicted octanol–water partition coefficient (Wildman–Crippen LogP) is 2.76. The van der Waals surface area contributed by atoms with Crippen LogP contribution in [0, 0.1) is 13.8 Å². The van der Waals surface area contributed by atoms with Crippen LogP contribution in [-0.2, 0) is 30.4 Å². The number of aryl methyl sites for hydroxylation is 1. The normalized spacial score (nSPS) is 10.6. The molecule has 0 aliphatic carbocycles. The van der Waals surface area contributed by atoms with Crippen LogP contribution >= 0.6 is 15.9 Å². The van der Waals surface area contributed by atoms with E-state index in [1.807, 2.05) is 26.0 Å². The number of carbonyl (C=O) groups is 3. The fourth-order valence-electron chi connectivity index (χ4n) is 3.28. The molecule has 2 aromatic heterocycles. The molecular formula is C24H27BrN6O7. The van der Waals surface area contributed by atoms with Gasteiger partial charge in [0.15, 0.2) is 5.78 Å². The van der Waals surface area contributed by atoms with Crippen molar-refractivity contribution in [3.63, 3.8) is 0 Å². The third-order valence-corrected chi connectivity index (χ3v) is 5.25. The van der Waals surface area contributed by atoms with Crippen molar-refractivity contribution in [1.29, 1.82) is 0 Å². The van der Waals surface area contributed by atoms with E-state index < -0.39 is 17.7 Å². The smallest absolute Gasteiger partial charge is 0.408 e. The number of halogens is 1. The van der Waals surface area contributed by atoms with Gasteiger partial charge in [0.1, 0.15) is 18.8 Å². The van der Waals surface area contributed by atoms with E-state index in [9.17, 15) is 14.4 Å². The second-order valence-corrected chi connectivity index (χ2v) is 9.75. The van der Waals surface area contributed by atoms with Crippen LogP contribution in [0.2, 0.25) is 0 Å². The standard InChI is InChI=1S/C23H27BrN6O5.CO2/c1-13-18(20(32)15-7-6-8-16(24)11-15)14(2)26-19(13)21-27-29-30(28-21)9-10-34-17(31)12-25-22(33)35-23(3,4)5;2-1-3/h6-8,11,26H,9-10,12H2,1-5H3,(H,25,33);. The molecule has 0 radical (unpaired) electrons. The molecule has 0 aliphatic heterocycles. The molecule has 0 aliphatic rings. The molecule has 2 N–H and O–H groups in total. The van der Waals surface area contributed by atoms with Gasteiger partial charge in [-0.25, -0.2) is 4.79 Å². The Hall–Kier alpha value is -4.16. The Bertz CT molecular complexity index is 1340. The number of hydrogen-bond donors (Lipinski definition) is 2. The highest BCUT2D eigenvalue weighted by atomic mass is 79.9. The van der Waals surface area contributed by atoms with Crippen LogP contribution in [0.15, 0.2) is 28.7 Å². The lowest BCUT2D eigenvalue weighted by molar-refractivity contribution is -0.191. The molecule has 13 nitrogen and oxygen atoms in total. The summed E-state index contributed by atoms with van der Waals surface area (Å²) in [5, 5.41) is 14.7. The highest BCUT2D eigenvalue weighted by molar-refractivity contribution is 9.10. The molecule has 0 bridgehead atoms. The SMILES string of the molecule is Cc1[nH]c(-c2nnn(CCOC(=O)CNC(=O)OC(C)(C)C)n2)c(C)c1C(=O)c1cccc(Br)c1.O=C=O. The van der Waals surface area contributed by atoms with Gasteiger partial charge in [-0.15, -0.1) is 10.2 Å². The zero-order valence-corrected chi connectivity index (χ0v) is 23.0. The van der Waals surface area contributed by atoms with E-state index in [0.29, 0.717) is 33.9 Å². The van der Waals surface area contributed by atoms with Gasteiger partial charge in [-0.3, -0.25) is 9.59 Å². The number of ketones is 1. The van der Waals surface area contributed by atoms with Crippen LogP contribution in [0.25, 0.3) is 11.5 Å². The maximum atomic E-state index is 13.1. The van der Waals surface area contributed by atoms with E-state index in [1.54, 1.807) is 32.9 Å². The molecule has 14 heteroatoms. The summed E-state index contributed by atoms with van der Waals surface area (Å²) in [5.74, 6) is -0.414. The first-order valence-electron chi connectivity index (χ1n) is 11.3. The number of amides is 1. The number of esters is 1. The number of carbonyl (C=O) groups excluding carboxylic acids is 5. The fraction of sp³-hybridized carbons (Fsp3) is 0.375. The fourth-order valence-corrected chi connectivity index (χ4v) is 3.68. The lowest BCUT2D eigenvalue weighted by atomic mass is 9.99. The van der Waals surface area contributed by atoms with E-state index in [0.717, 1.165) is 4.47 Å². The lowest BCUT2D eigenvalue weighted by Crippen LogP contribution is -2.36. The maximum Gasteiger partial charge on any atom is 0.408 e. The second-order valence-electron chi connectivity index (χ2n) is 8.83. The number of tetrazole rings is 1. The monoisotopic (exact) mass is 590 g/mol. The molecule has 1 aromatic carbocycles. The number of benzene rings is 1. The summed E-state index contributed by atoms with van der Waals surface area (Å²) in [4.78, 5) is 57.2. The number of aromatic nitrogens is 5. The minimum absolute atomic E-state index is 0.0139. The zero-order chi connectivity index (χ0) is 28.5. The molecule has 3 aromatic rings. The van der Waals surface area contributed by atoms with Crippen LogP contribution in [0.3, 0.4) is 0 Å². The molecule has 0 saturated carbocycles. The first-order chi connectivity index (χ1) is 17.9. The Morgan fingerprint density at radius 1 is 1.18 bits per heavy atom. The topological polar surface area (TPSA) is 175 Å². The van der Waals surface area contributed by atoms with Gasteiger partial charge in [-0.2, -0.15) is 14.4 Å². The van der Waals surface area contributed by atoms with Crippen LogP contribution in [0.1, 0.15) is 48.0 Å². The van der Waals surface area contributed by atoms with Crippen molar-refractivity contribution < 1.29 is 33.4 Å². The molecule has 1 amide bonds. The Kier molecular flexibility index (Phi) is 10.6. The lowest BCUT2D eigenvalue weighted by Gasteiger charge is -2.19. The van der Waals surface area contributed by atoms with Crippen LogP contribution in [0.5, 0.6) is 0 Å². The summed E-state index contributed by atoms with van der Waals surface area (Å²) < 4.78 is 11.0.